The molecule has 28 heavy (non-hydrogen) atoms. The number of benzene rings is 2. The molecular weight excluding hydrogens is 385 g/mol. The first-order valence-electron chi connectivity index (χ1n) is 8.45. The van der Waals surface area contributed by atoms with E-state index in [-0.39, 0.29) is 22.1 Å². The molecule has 3 aromatic rings. The number of nitrogens with one attached hydrogen (secondary N) is 1. The Morgan fingerprint density at radius 1 is 1.21 bits per heavy atom. The van der Waals surface area contributed by atoms with Crippen LogP contribution in [0.25, 0.3) is 5.69 Å². The first-order valence-corrected chi connectivity index (χ1v) is 8.83. The number of carbonyl (C=O) groups is 1. The van der Waals surface area contributed by atoms with Gasteiger partial charge in [0, 0.05) is 6.54 Å². The van der Waals surface area contributed by atoms with Crippen molar-refractivity contribution in [3.05, 3.63) is 87.0 Å². The minimum atomic E-state index is -0.582. The minimum absolute atomic E-state index is 0.0474. The van der Waals surface area contributed by atoms with Crippen molar-refractivity contribution in [2.24, 2.45) is 0 Å². The van der Waals surface area contributed by atoms with E-state index in [0.717, 1.165) is 10.2 Å². The summed E-state index contributed by atoms with van der Waals surface area (Å²) in [4.78, 5) is 24.6. The van der Waals surface area contributed by atoms with E-state index in [1.165, 1.54) is 31.5 Å². The summed E-state index contributed by atoms with van der Waals surface area (Å²) in [6.45, 7) is 0.481. The Morgan fingerprint density at radius 2 is 1.93 bits per heavy atom. The highest BCUT2D eigenvalue weighted by Crippen LogP contribution is 2.19. The molecule has 0 amide bonds. The van der Waals surface area contributed by atoms with Gasteiger partial charge in [0.05, 0.1) is 30.2 Å². The molecule has 0 spiro atoms. The van der Waals surface area contributed by atoms with Crippen LogP contribution in [0, 0.1) is 5.82 Å². The van der Waals surface area contributed by atoms with E-state index >= 15 is 0 Å². The van der Waals surface area contributed by atoms with Gasteiger partial charge in [-0.2, -0.15) is 9.78 Å². The first-order chi connectivity index (χ1) is 13.5. The zero-order valence-corrected chi connectivity index (χ0v) is 15.7. The van der Waals surface area contributed by atoms with Gasteiger partial charge in [0.1, 0.15) is 10.8 Å². The van der Waals surface area contributed by atoms with Gasteiger partial charge in [0.25, 0.3) is 5.56 Å². The van der Waals surface area contributed by atoms with Crippen molar-refractivity contribution in [1.29, 1.82) is 0 Å². The fourth-order valence-corrected chi connectivity index (χ4v) is 2.86. The lowest BCUT2D eigenvalue weighted by molar-refractivity contribution is 0.0600. The summed E-state index contributed by atoms with van der Waals surface area (Å²) in [6.07, 6.45) is 2.04. The molecule has 0 aliphatic heterocycles. The van der Waals surface area contributed by atoms with Crippen LogP contribution >= 0.6 is 11.6 Å². The molecule has 0 fully saturated rings. The lowest BCUT2D eigenvalue weighted by Crippen LogP contribution is -2.25. The number of methoxy groups -OCH3 is 1. The molecule has 144 valence electrons. The first kappa shape index (κ1) is 19.6. The Balaban J connectivity index is 1.81. The number of ether oxygens (including phenoxy) is 1. The van der Waals surface area contributed by atoms with E-state index in [1.807, 2.05) is 0 Å². The molecule has 0 saturated heterocycles. The molecular formula is C20H17ClFN3O3. The third kappa shape index (κ3) is 4.20. The Kier molecular flexibility index (Phi) is 6.06. The monoisotopic (exact) mass is 401 g/mol. The van der Waals surface area contributed by atoms with E-state index in [0.29, 0.717) is 18.7 Å². The molecule has 0 aliphatic carbocycles. The highest BCUT2D eigenvalue weighted by atomic mass is 35.5. The number of nitrogens with zero attached hydrogens (tertiary/aromatic N) is 2. The van der Waals surface area contributed by atoms with Gasteiger partial charge in [-0.1, -0.05) is 35.9 Å². The highest BCUT2D eigenvalue weighted by molar-refractivity contribution is 6.33. The summed E-state index contributed by atoms with van der Waals surface area (Å²) < 4.78 is 18.7. The molecule has 0 atom stereocenters. The average Bonchev–Trinajstić information content (AvgIpc) is 2.72. The van der Waals surface area contributed by atoms with Crippen molar-refractivity contribution >= 4 is 23.3 Å². The predicted molar refractivity (Wildman–Crippen MR) is 105 cm³/mol. The number of carbonyl (C=O) groups excluding carboxylic acids is 1. The second-order valence-corrected chi connectivity index (χ2v) is 6.28. The maximum atomic E-state index is 12.9. The van der Waals surface area contributed by atoms with Crippen molar-refractivity contribution < 1.29 is 13.9 Å². The van der Waals surface area contributed by atoms with Crippen LogP contribution in [0.5, 0.6) is 0 Å². The van der Waals surface area contributed by atoms with Crippen LogP contribution in [0.4, 0.5) is 10.1 Å². The molecule has 8 heteroatoms. The molecule has 0 saturated carbocycles. The van der Waals surface area contributed by atoms with Crippen LogP contribution in [0.1, 0.15) is 15.9 Å². The molecule has 0 aliphatic rings. The number of hydrogen-bond donors (Lipinski definition) is 1. The van der Waals surface area contributed by atoms with Gasteiger partial charge < -0.3 is 10.1 Å². The molecule has 2 aromatic carbocycles. The molecule has 1 aromatic heterocycles. The van der Waals surface area contributed by atoms with Gasteiger partial charge in [0.2, 0.25) is 0 Å². The standard InChI is InChI=1S/C20H17ClFN3O3/c1-28-20(27)15-4-2-3-5-17(15)25-19(26)18(21)16(12-24-25)23-11-10-13-6-8-14(22)9-7-13/h2-9,12,23H,10-11H2,1H3. The fraction of sp³-hybridized carbons (Fsp3) is 0.150. The molecule has 3 rings (SSSR count). The van der Waals surface area contributed by atoms with Crippen LogP contribution in [-0.4, -0.2) is 29.4 Å². The SMILES string of the molecule is COC(=O)c1ccccc1-n1ncc(NCCc2ccc(F)cc2)c(Cl)c1=O. The number of hydrogen-bond acceptors (Lipinski definition) is 5. The van der Waals surface area contributed by atoms with Crippen LogP contribution in [0.3, 0.4) is 0 Å². The zero-order valence-electron chi connectivity index (χ0n) is 15.0. The van der Waals surface area contributed by atoms with E-state index in [4.69, 9.17) is 16.3 Å². The van der Waals surface area contributed by atoms with Gasteiger partial charge in [-0.3, -0.25) is 4.79 Å². The van der Waals surface area contributed by atoms with Crippen LogP contribution < -0.4 is 10.9 Å². The smallest absolute Gasteiger partial charge is 0.340 e. The van der Waals surface area contributed by atoms with Crippen molar-refractivity contribution in [3.8, 4) is 5.69 Å². The lowest BCUT2D eigenvalue weighted by atomic mass is 10.1. The number of rotatable bonds is 6. The topological polar surface area (TPSA) is 73.2 Å². The van der Waals surface area contributed by atoms with Crippen molar-refractivity contribution in [2.45, 2.75) is 6.42 Å². The third-order valence-electron chi connectivity index (χ3n) is 4.10. The Hall–Kier alpha value is -3.19. The normalized spacial score (nSPS) is 10.5. The van der Waals surface area contributed by atoms with Crippen LogP contribution in [-0.2, 0) is 11.2 Å². The van der Waals surface area contributed by atoms with Crippen LogP contribution in [0.15, 0.2) is 59.5 Å². The van der Waals surface area contributed by atoms with Gasteiger partial charge in [-0.25, -0.2) is 9.18 Å². The van der Waals surface area contributed by atoms with E-state index in [1.54, 1.807) is 30.3 Å². The summed E-state index contributed by atoms with van der Waals surface area (Å²) in [5.41, 5.74) is 1.23. The maximum Gasteiger partial charge on any atom is 0.340 e. The quantitative estimate of drug-likeness (QED) is 0.640. The largest absolute Gasteiger partial charge is 0.465 e. The second-order valence-electron chi connectivity index (χ2n) is 5.90. The molecule has 0 radical (unpaired) electrons. The van der Waals surface area contributed by atoms with Crippen molar-refractivity contribution in [1.82, 2.24) is 9.78 Å². The fourth-order valence-electron chi connectivity index (χ4n) is 2.66. The number of anilines is 1. The summed E-state index contributed by atoms with van der Waals surface area (Å²) in [6, 6.07) is 12.6. The summed E-state index contributed by atoms with van der Waals surface area (Å²) in [5, 5.41) is 7.13. The molecule has 1 N–H and O–H groups in total. The summed E-state index contributed by atoms with van der Waals surface area (Å²) in [7, 11) is 1.26. The van der Waals surface area contributed by atoms with E-state index < -0.39 is 11.5 Å². The van der Waals surface area contributed by atoms with Crippen molar-refractivity contribution in [2.75, 3.05) is 19.0 Å². The molecule has 0 unspecified atom stereocenters. The summed E-state index contributed by atoms with van der Waals surface area (Å²) in [5.74, 6) is -0.873. The van der Waals surface area contributed by atoms with Gasteiger partial charge in [0.15, 0.2) is 0 Å². The van der Waals surface area contributed by atoms with Gasteiger partial charge in [-0.05, 0) is 36.2 Å². The Labute approximate surface area is 165 Å². The minimum Gasteiger partial charge on any atom is -0.465 e. The maximum absolute atomic E-state index is 12.9. The highest BCUT2D eigenvalue weighted by Gasteiger charge is 2.17. The molecule has 0 bridgehead atoms. The number of aromatic nitrogens is 2. The Bertz CT molecular complexity index is 1050. The average molecular weight is 402 g/mol. The van der Waals surface area contributed by atoms with E-state index in [2.05, 4.69) is 10.4 Å². The molecule has 1 heterocycles. The summed E-state index contributed by atoms with van der Waals surface area (Å²) >= 11 is 6.22. The second kappa shape index (κ2) is 8.67. The van der Waals surface area contributed by atoms with Crippen LogP contribution in [0.2, 0.25) is 5.02 Å². The predicted octanol–water partition coefficient (Wildman–Crippen LogP) is 3.47. The third-order valence-corrected chi connectivity index (χ3v) is 4.46. The van der Waals surface area contributed by atoms with Gasteiger partial charge >= 0.3 is 5.97 Å². The zero-order chi connectivity index (χ0) is 20.1. The van der Waals surface area contributed by atoms with Crippen molar-refractivity contribution in [3.63, 3.8) is 0 Å². The Morgan fingerprint density at radius 3 is 2.64 bits per heavy atom. The number of para-hydroxylation sites is 1. The number of halogens is 2. The number of esters is 1. The lowest BCUT2D eigenvalue weighted by Gasteiger charge is -2.12. The van der Waals surface area contributed by atoms with E-state index in [9.17, 15) is 14.0 Å². The van der Waals surface area contributed by atoms with Gasteiger partial charge in [-0.15, -0.1) is 0 Å². The molecule has 6 nitrogen and oxygen atoms in total.